The molecule has 2 aromatic carbocycles. The van der Waals surface area contributed by atoms with Crippen LogP contribution in [0, 0.1) is 0 Å². The zero-order valence-corrected chi connectivity index (χ0v) is 11.3. The second-order valence-electron chi connectivity index (χ2n) is 5.03. The molecule has 1 aliphatic heterocycles. The first-order valence-corrected chi connectivity index (χ1v) is 6.92. The van der Waals surface area contributed by atoms with Crippen LogP contribution in [0.3, 0.4) is 0 Å². The average molecular weight is 261 g/mol. The summed E-state index contributed by atoms with van der Waals surface area (Å²) in [7, 11) is 2.01. The van der Waals surface area contributed by atoms with Gasteiger partial charge < -0.3 is 0 Å². The van der Waals surface area contributed by atoms with E-state index < -0.39 is 0 Å². The normalized spacial score (nSPS) is 14.7. The van der Waals surface area contributed by atoms with Crippen molar-refractivity contribution in [3.05, 3.63) is 71.8 Å². The standard InChI is InChI=1S/C17H16BNO/c20-17-12-11-16(15-9-5-2-6-10-15)18-19(17)13-14-7-3-1-4-8-14/h1-10H,11-13H2. The number of amides is 1. The molecule has 3 heteroatoms. The number of rotatable bonds is 3. The molecule has 0 radical (unpaired) electrons. The van der Waals surface area contributed by atoms with Gasteiger partial charge in [-0.15, -0.1) is 0 Å². The van der Waals surface area contributed by atoms with E-state index in [2.05, 4.69) is 24.3 Å². The number of hydrogen-bond acceptors (Lipinski definition) is 1. The molecule has 3 rings (SSSR count). The van der Waals surface area contributed by atoms with Crippen LogP contribution in [-0.2, 0) is 11.3 Å². The fourth-order valence-electron chi connectivity index (χ4n) is 2.49. The molecule has 0 unspecified atom stereocenters. The Hall–Kier alpha value is -2.16. The van der Waals surface area contributed by atoms with Gasteiger partial charge in [-0.2, -0.15) is 0 Å². The van der Waals surface area contributed by atoms with Crippen molar-refractivity contribution in [2.75, 3.05) is 0 Å². The molecular formula is C17H16BNO. The third-order valence-electron chi connectivity index (χ3n) is 3.58. The first kappa shape index (κ1) is 12.9. The van der Waals surface area contributed by atoms with E-state index in [-0.39, 0.29) is 5.91 Å². The van der Waals surface area contributed by atoms with Crippen LogP contribution in [0.15, 0.2) is 60.7 Å². The number of nitrogens with zero attached hydrogens (tertiary/aromatic N) is 1. The van der Waals surface area contributed by atoms with Crippen molar-refractivity contribution < 1.29 is 4.79 Å². The molecule has 2 nitrogen and oxygen atoms in total. The average Bonchev–Trinajstić information content (AvgIpc) is 2.51. The second-order valence-corrected chi connectivity index (χ2v) is 5.03. The summed E-state index contributed by atoms with van der Waals surface area (Å²) in [5.74, 6) is 0.202. The van der Waals surface area contributed by atoms with Gasteiger partial charge in [-0.05, 0) is 0 Å². The fraction of sp³-hybridized carbons (Fsp3) is 0.176. The Kier molecular flexibility index (Phi) is 3.77. The maximum absolute atomic E-state index is 12.1. The van der Waals surface area contributed by atoms with Gasteiger partial charge >= 0.3 is 119 Å². The third kappa shape index (κ3) is 2.88. The fourth-order valence-corrected chi connectivity index (χ4v) is 2.49. The van der Waals surface area contributed by atoms with E-state index in [1.807, 2.05) is 48.3 Å². The molecule has 0 N–H and O–H groups in total. The van der Waals surface area contributed by atoms with Gasteiger partial charge in [0.2, 0.25) is 0 Å². The van der Waals surface area contributed by atoms with Crippen LogP contribution in [0.4, 0.5) is 0 Å². The van der Waals surface area contributed by atoms with E-state index in [0.717, 1.165) is 12.0 Å². The Balaban J connectivity index is 1.84. The SMILES string of the molecule is O=C1CCC(c2ccccc2)=BN1Cc1ccccc1. The summed E-state index contributed by atoms with van der Waals surface area (Å²) in [4.78, 5) is 13.9. The van der Waals surface area contributed by atoms with Gasteiger partial charge in [-0.25, -0.2) is 0 Å². The van der Waals surface area contributed by atoms with Gasteiger partial charge in [0.25, 0.3) is 0 Å². The summed E-state index contributed by atoms with van der Waals surface area (Å²) in [5, 5.41) is 0. The molecule has 0 aliphatic carbocycles. The Morgan fingerprint density at radius 2 is 1.55 bits per heavy atom. The summed E-state index contributed by atoms with van der Waals surface area (Å²) < 4.78 is 0. The quantitative estimate of drug-likeness (QED) is 0.778. The van der Waals surface area contributed by atoms with Crippen LogP contribution in [0.25, 0.3) is 0 Å². The Morgan fingerprint density at radius 3 is 2.25 bits per heavy atom. The third-order valence-corrected chi connectivity index (χ3v) is 3.58. The Morgan fingerprint density at radius 1 is 0.900 bits per heavy atom. The zero-order chi connectivity index (χ0) is 13.8. The van der Waals surface area contributed by atoms with Crippen LogP contribution in [0.1, 0.15) is 24.0 Å². The van der Waals surface area contributed by atoms with Crippen LogP contribution in [0.5, 0.6) is 0 Å². The van der Waals surface area contributed by atoms with Crippen molar-refractivity contribution in [1.29, 1.82) is 0 Å². The monoisotopic (exact) mass is 261 g/mol. The molecule has 0 fully saturated rings. The van der Waals surface area contributed by atoms with Crippen LogP contribution in [0.2, 0.25) is 0 Å². The molecule has 1 amide bonds. The van der Waals surface area contributed by atoms with Crippen molar-refractivity contribution in [3.63, 3.8) is 0 Å². The summed E-state index contributed by atoms with van der Waals surface area (Å²) in [5.41, 5.74) is 3.60. The molecule has 20 heavy (non-hydrogen) atoms. The van der Waals surface area contributed by atoms with Gasteiger partial charge in [-0.1, -0.05) is 0 Å². The predicted molar refractivity (Wildman–Crippen MR) is 82.5 cm³/mol. The van der Waals surface area contributed by atoms with Gasteiger partial charge in [0.1, 0.15) is 0 Å². The van der Waals surface area contributed by atoms with Gasteiger partial charge in [-0.3, -0.25) is 0 Å². The molecule has 0 saturated carbocycles. The Bertz CT molecular complexity index is 622. The predicted octanol–water partition coefficient (Wildman–Crippen LogP) is 2.65. The summed E-state index contributed by atoms with van der Waals surface area (Å²) in [6.07, 6.45) is 1.42. The molecule has 0 atom stereocenters. The van der Waals surface area contributed by atoms with Gasteiger partial charge in [0.05, 0.1) is 0 Å². The molecule has 2 aromatic rings. The van der Waals surface area contributed by atoms with Crippen molar-refractivity contribution in [2.24, 2.45) is 0 Å². The second kappa shape index (κ2) is 5.87. The molecule has 1 heterocycles. The summed E-state index contributed by atoms with van der Waals surface area (Å²) in [6, 6.07) is 20.4. The minimum atomic E-state index is 0.202. The van der Waals surface area contributed by atoms with Crippen molar-refractivity contribution in [3.8, 4) is 0 Å². The summed E-state index contributed by atoms with van der Waals surface area (Å²) >= 11 is 0. The molecule has 0 bridgehead atoms. The number of hydrogen-bond donors (Lipinski definition) is 0. The van der Waals surface area contributed by atoms with Crippen molar-refractivity contribution in [2.45, 2.75) is 19.4 Å². The Labute approximate surface area is 120 Å². The topological polar surface area (TPSA) is 20.3 Å². The van der Waals surface area contributed by atoms with Gasteiger partial charge in [0.15, 0.2) is 0 Å². The number of benzene rings is 2. The molecular weight excluding hydrogens is 245 g/mol. The van der Waals surface area contributed by atoms with Gasteiger partial charge in [0, 0.05) is 0 Å². The number of carbonyl (C=O) groups excluding carboxylic acids is 1. The van der Waals surface area contributed by atoms with Crippen molar-refractivity contribution in [1.82, 2.24) is 4.81 Å². The first-order valence-electron chi connectivity index (χ1n) is 6.92. The molecule has 98 valence electrons. The summed E-state index contributed by atoms with van der Waals surface area (Å²) in [6.45, 7) is 0.649. The van der Waals surface area contributed by atoms with Crippen LogP contribution in [-0.4, -0.2) is 23.2 Å². The zero-order valence-electron chi connectivity index (χ0n) is 11.3. The number of carbonyl (C=O) groups is 1. The minimum absolute atomic E-state index is 0.202. The van der Waals surface area contributed by atoms with E-state index >= 15 is 0 Å². The molecule has 0 aromatic heterocycles. The van der Waals surface area contributed by atoms with E-state index in [1.54, 1.807) is 0 Å². The first-order chi connectivity index (χ1) is 9.83. The van der Waals surface area contributed by atoms with Crippen LogP contribution < -0.4 is 0 Å². The van der Waals surface area contributed by atoms with E-state index in [4.69, 9.17) is 0 Å². The molecule has 0 spiro atoms. The molecule has 1 aliphatic rings. The molecule has 0 saturated heterocycles. The van der Waals surface area contributed by atoms with E-state index in [1.165, 1.54) is 11.0 Å². The van der Waals surface area contributed by atoms with E-state index in [9.17, 15) is 4.79 Å². The van der Waals surface area contributed by atoms with Crippen molar-refractivity contribution >= 4 is 18.4 Å². The van der Waals surface area contributed by atoms with E-state index in [0.29, 0.717) is 13.0 Å². The van der Waals surface area contributed by atoms with Crippen LogP contribution >= 0.6 is 0 Å². The maximum atomic E-state index is 12.1.